The molecule has 3 aromatic rings. The van der Waals surface area contributed by atoms with Gasteiger partial charge in [0.05, 0.1) is 15.8 Å². The van der Waals surface area contributed by atoms with Crippen molar-refractivity contribution in [3.05, 3.63) is 68.0 Å². The standard InChI is InChI=1S/C17H11Cl3N2OS/c1-9(11-7-6-10(18)8-13(11)19)21-22-17(23)16-15(20)12-4-2-3-5-14(12)24-16/h2-8H,1H3,(H,22,23)/b21-9+. The third-order valence-corrected chi connectivity index (χ3v) is 5.61. The van der Waals surface area contributed by atoms with Gasteiger partial charge in [-0.25, -0.2) is 5.43 Å². The van der Waals surface area contributed by atoms with Crippen molar-refractivity contribution in [1.29, 1.82) is 0 Å². The first-order valence-corrected chi connectivity index (χ1v) is 8.89. The zero-order valence-electron chi connectivity index (χ0n) is 12.4. The minimum atomic E-state index is -0.356. The number of thiophene rings is 1. The van der Waals surface area contributed by atoms with Gasteiger partial charge in [0.2, 0.25) is 0 Å². The number of nitrogens with one attached hydrogen (secondary N) is 1. The molecule has 3 nitrogen and oxygen atoms in total. The van der Waals surface area contributed by atoms with Crippen LogP contribution in [0.1, 0.15) is 22.2 Å². The van der Waals surface area contributed by atoms with Gasteiger partial charge < -0.3 is 0 Å². The smallest absolute Gasteiger partial charge is 0.266 e. The molecule has 0 atom stereocenters. The summed E-state index contributed by atoms with van der Waals surface area (Å²) in [5, 5.41) is 6.41. The van der Waals surface area contributed by atoms with Crippen LogP contribution in [0.2, 0.25) is 15.1 Å². The van der Waals surface area contributed by atoms with Crippen LogP contribution in [0.4, 0.5) is 0 Å². The van der Waals surface area contributed by atoms with Crippen molar-refractivity contribution in [2.24, 2.45) is 5.10 Å². The maximum atomic E-state index is 12.4. The van der Waals surface area contributed by atoms with E-state index in [1.165, 1.54) is 11.3 Å². The Labute approximate surface area is 157 Å². The summed E-state index contributed by atoms with van der Waals surface area (Å²) in [5.74, 6) is -0.356. The van der Waals surface area contributed by atoms with Gasteiger partial charge in [0.15, 0.2) is 0 Å². The van der Waals surface area contributed by atoms with Crippen LogP contribution in [0.3, 0.4) is 0 Å². The Balaban J connectivity index is 1.84. The van der Waals surface area contributed by atoms with E-state index < -0.39 is 0 Å². The molecule has 0 radical (unpaired) electrons. The number of benzene rings is 2. The molecule has 24 heavy (non-hydrogen) atoms. The molecular formula is C17H11Cl3N2OS. The molecule has 2 aromatic carbocycles. The topological polar surface area (TPSA) is 41.5 Å². The van der Waals surface area contributed by atoms with Gasteiger partial charge in [-0.15, -0.1) is 11.3 Å². The average molecular weight is 398 g/mol. The van der Waals surface area contributed by atoms with E-state index in [0.717, 1.165) is 10.1 Å². The van der Waals surface area contributed by atoms with Crippen LogP contribution in [-0.2, 0) is 0 Å². The van der Waals surface area contributed by atoms with E-state index in [-0.39, 0.29) is 5.91 Å². The number of hydrogen-bond acceptors (Lipinski definition) is 3. The summed E-state index contributed by atoms with van der Waals surface area (Å²) in [4.78, 5) is 12.8. The van der Waals surface area contributed by atoms with Crippen LogP contribution in [0, 0.1) is 0 Å². The highest BCUT2D eigenvalue weighted by molar-refractivity contribution is 7.21. The van der Waals surface area contributed by atoms with Gasteiger partial charge in [0.1, 0.15) is 4.88 Å². The van der Waals surface area contributed by atoms with Crippen molar-refractivity contribution < 1.29 is 4.79 Å². The number of halogens is 3. The number of hydrogen-bond donors (Lipinski definition) is 1. The van der Waals surface area contributed by atoms with Crippen molar-refractivity contribution in [3.63, 3.8) is 0 Å². The van der Waals surface area contributed by atoms with Crippen LogP contribution >= 0.6 is 46.1 Å². The van der Waals surface area contributed by atoms with E-state index in [9.17, 15) is 4.79 Å². The molecular weight excluding hydrogens is 387 g/mol. The van der Waals surface area contributed by atoms with Crippen molar-refractivity contribution in [2.45, 2.75) is 6.92 Å². The van der Waals surface area contributed by atoms with Crippen LogP contribution in [0.25, 0.3) is 10.1 Å². The summed E-state index contributed by atoms with van der Waals surface area (Å²) in [6.45, 7) is 1.75. The normalized spacial score (nSPS) is 11.8. The van der Waals surface area contributed by atoms with Crippen molar-refractivity contribution in [1.82, 2.24) is 5.43 Å². The second kappa shape index (κ2) is 7.11. The fraction of sp³-hybridized carbons (Fsp3) is 0.0588. The van der Waals surface area contributed by atoms with Crippen molar-refractivity contribution in [3.8, 4) is 0 Å². The number of fused-ring (bicyclic) bond motifs is 1. The lowest BCUT2D eigenvalue weighted by molar-refractivity contribution is 0.0959. The van der Waals surface area contributed by atoms with E-state index in [4.69, 9.17) is 34.8 Å². The minimum Gasteiger partial charge on any atom is -0.266 e. The fourth-order valence-electron chi connectivity index (χ4n) is 2.19. The molecule has 0 aliphatic carbocycles. The van der Waals surface area contributed by atoms with Crippen LogP contribution < -0.4 is 5.43 Å². The lowest BCUT2D eigenvalue weighted by Gasteiger charge is -2.05. The summed E-state index contributed by atoms with van der Waals surface area (Å²) >= 11 is 19.6. The van der Waals surface area contributed by atoms with E-state index >= 15 is 0 Å². The molecule has 0 unspecified atom stereocenters. The third-order valence-electron chi connectivity index (χ3n) is 3.39. The largest absolute Gasteiger partial charge is 0.283 e. The summed E-state index contributed by atoms with van der Waals surface area (Å²) in [6.07, 6.45) is 0. The van der Waals surface area contributed by atoms with Crippen molar-refractivity contribution in [2.75, 3.05) is 0 Å². The van der Waals surface area contributed by atoms with Crippen LogP contribution in [0.15, 0.2) is 47.6 Å². The number of amides is 1. The molecule has 0 saturated heterocycles. The first-order chi connectivity index (χ1) is 11.5. The molecule has 1 amide bonds. The zero-order chi connectivity index (χ0) is 17.3. The van der Waals surface area contributed by atoms with E-state index in [1.807, 2.05) is 24.3 Å². The molecule has 1 N–H and O–H groups in total. The molecule has 0 spiro atoms. The average Bonchev–Trinajstić information content (AvgIpc) is 2.90. The predicted molar refractivity (Wildman–Crippen MR) is 103 cm³/mol. The third kappa shape index (κ3) is 3.42. The summed E-state index contributed by atoms with van der Waals surface area (Å²) in [6, 6.07) is 12.7. The number of rotatable bonds is 3. The zero-order valence-corrected chi connectivity index (χ0v) is 15.5. The second-order valence-electron chi connectivity index (χ2n) is 5.00. The van der Waals surface area contributed by atoms with Gasteiger partial charge in [-0.2, -0.15) is 5.10 Å². The van der Waals surface area contributed by atoms with Gasteiger partial charge in [0, 0.05) is 20.7 Å². The molecule has 3 rings (SSSR count). The van der Waals surface area contributed by atoms with Crippen LogP contribution in [0.5, 0.6) is 0 Å². The molecule has 0 bridgehead atoms. The van der Waals surface area contributed by atoms with E-state index in [2.05, 4.69) is 10.5 Å². The highest BCUT2D eigenvalue weighted by atomic mass is 35.5. The number of carbonyl (C=O) groups excluding carboxylic acids is 1. The molecule has 0 aliphatic rings. The van der Waals surface area contributed by atoms with Gasteiger partial charge in [0.25, 0.3) is 5.91 Å². The Hall–Kier alpha value is -1.59. The van der Waals surface area contributed by atoms with Gasteiger partial charge in [-0.3, -0.25) is 4.79 Å². The van der Waals surface area contributed by atoms with E-state index in [0.29, 0.717) is 31.2 Å². The first-order valence-electron chi connectivity index (χ1n) is 6.94. The number of carbonyl (C=O) groups is 1. The van der Waals surface area contributed by atoms with Gasteiger partial charge in [-0.1, -0.05) is 59.1 Å². The van der Waals surface area contributed by atoms with E-state index in [1.54, 1.807) is 25.1 Å². The lowest BCUT2D eigenvalue weighted by Crippen LogP contribution is -2.18. The summed E-state index contributed by atoms with van der Waals surface area (Å²) in [7, 11) is 0. The molecule has 1 aromatic heterocycles. The molecule has 122 valence electrons. The Kier molecular flexibility index (Phi) is 5.11. The highest BCUT2D eigenvalue weighted by Crippen LogP contribution is 2.35. The number of nitrogens with zero attached hydrogens (tertiary/aromatic N) is 1. The van der Waals surface area contributed by atoms with Gasteiger partial charge >= 0.3 is 0 Å². The minimum absolute atomic E-state index is 0.356. The fourth-order valence-corrected chi connectivity index (χ4v) is 4.14. The molecule has 0 aliphatic heterocycles. The van der Waals surface area contributed by atoms with Crippen molar-refractivity contribution >= 4 is 67.8 Å². The maximum Gasteiger partial charge on any atom is 0.283 e. The predicted octanol–water partition coefficient (Wildman–Crippen LogP) is 6.02. The number of hydrazone groups is 1. The lowest BCUT2D eigenvalue weighted by atomic mass is 10.1. The first kappa shape index (κ1) is 17.2. The Morgan fingerprint density at radius 1 is 1.12 bits per heavy atom. The monoisotopic (exact) mass is 396 g/mol. The maximum absolute atomic E-state index is 12.4. The summed E-state index contributed by atoms with van der Waals surface area (Å²) < 4.78 is 0.953. The SMILES string of the molecule is C/C(=N\NC(=O)c1sc2ccccc2c1Cl)c1ccc(Cl)cc1Cl. The van der Waals surface area contributed by atoms with Crippen LogP contribution in [-0.4, -0.2) is 11.6 Å². The Bertz CT molecular complexity index is 966. The molecule has 7 heteroatoms. The second-order valence-corrected chi connectivity index (χ2v) is 7.28. The Morgan fingerprint density at radius 2 is 1.88 bits per heavy atom. The molecule has 0 saturated carbocycles. The highest BCUT2D eigenvalue weighted by Gasteiger charge is 2.16. The molecule has 0 fully saturated rings. The Morgan fingerprint density at radius 3 is 2.58 bits per heavy atom. The summed E-state index contributed by atoms with van der Waals surface area (Å²) in [5.41, 5.74) is 3.79. The quantitative estimate of drug-likeness (QED) is 0.426. The van der Waals surface area contributed by atoms with Gasteiger partial charge in [-0.05, 0) is 25.1 Å². The molecule has 1 heterocycles.